The standard InChI is InChI=1S/C21H21Cl2N3O2/c1-4-26(5-2)17-8-6-14(20(12-17)28-3)10-15(13-24)21(27)25-16-7-9-18(22)19(23)11-16/h6-12H,4-5H2,1-3H3,(H,25,27)/b15-10+. The molecular weight excluding hydrogens is 397 g/mol. The van der Waals surface area contributed by atoms with Crippen LogP contribution in [0.4, 0.5) is 11.4 Å². The van der Waals surface area contributed by atoms with Crippen LogP contribution in [0.2, 0.25) is 10.0 Å². The molecule has 2 aromatic carbocycles. The van der Waals surface area contributed by atoms with Crippen LogP contribution in [0.3, 0.4) is 0 Å². The van der Waals surface area contributed by atoms with Crippen LogP contribution in [0.1, 0.15) is 19.4 Å². The Morgan fingerprint density at radius 1 is 1.18 bits per heavy atom. The largest absolute Gasteiger partial charge is 0.496 e. The molecule has 0 aliphatic heterocycles. The van der Waals surface area contributed by atoms with Crippen molar-refractivity contribution in [1.82, 2.24) is 0 Å². The predicted octanol–water partition coefficient (Wildman–Crippen LogP) is 5.39. The SMILES string of the molecule is CCN(CC)c1ccc(/C=C(\C#N)C(=O)Nc2ccc(Cl)c(Cl)c2)c(OC)c1. The quantitative estimate of drug-likeness (QED) is 0.484. The number of benzene rings is 2. The molecule has 1 N–H and O–H groups in total. The predicted molar refractivity (Wildman–Crippen MR) is 115 cm³/mol. The molecule has 0 unspecified atom stereocenters. The Balaban J connectivity index is 2.31. The van der Waals surface area contributed by atoms with E-state index in [0.29, 0.717) is 27.0 Å². The number of methoxy groups -OCH3 is 1. The molecule has 2 rings (SSSR count). The molecule has 0 heterocycles. The summed E-state index contributed by atoms with van der Waals surface area (Å²) in [5.41, 5.74) is 2.04. The average Bonchev–Trinajstić information content (AvgIpc) is 2.70. The molecule has 0 saturated heterocycles. The minimum absolute atomic E-state index is 0.0556. The molecule has 2 aromatic rings. The zero-order valence-corrected chi connectivity index (χ0v) is 17.4. The number of hydrogen-bond donors (Lipinski definition) is 1. The Kier molecular flexibility index (Phi) is 7.74. The third-order valence-corrected chi connectivity index (χ3v) is 4.93. The molecule has 0 aliphatic carbocycles. The normalized spacial score (nSPS) is 10.9. The summed E-state index contributed by atoms with van der Waals surface area (Å²) in [5, 5.41) is 12.8. The summed E-state index contributed by atoms with van der Waals surface area (Å²) >= 11 is 11.8. The molecule has 0 radical (unpaired) electrons. The summed E-state index contributed by atoms with van der Waals surface area (Å²) in [6, 6.07) is 12.3. The lowest BCUT2D eigenvalue weighted by atomic mass is 10.1. The number of hydrogen-bond acceptors (Lipinski definition) is 4. The molecule has 28 heavy (non-hydrogen) atoms. The van der Waals surface area contributed by atoms with Crippen LogP contribution in [0, 0.1) is 11.3 Å². The molecule has 5 nitrogen and oxygen atoms in total. The summed E-state index contributed by atoms with van der Waals surface area (Å²) in [4.78, 5) is 14.7. The Bertz CT molecular complexity index is 932. The summed E-state index contributed by atoms with van der Waals surface area (Å²) in [5.74, 6) is 0.0373. The van der Waals surface area contributed by atoms with E-state index in [9.17, 15) is 10.1 Å². The van der Waals surface area contributed by atoms with Crippen molar-refractivity contribution >= 4 is 46.6 Å². The zero-order valence-electron chi connectivity index (χ0n) is 15.9. The number of anilines is 2. The number of nitriles is 1. The van der Waals surface area contributed by atoms with Crippen LogP contribution in [0.15, 0.2) is 42.0 Å². The van der Waals surface area contributed by atoms with Gasteiger partial charge in [0.15, 0.2) is 0 Å². The van der Waals surface area contributed by atoms with Crippen molar-refractivity contribution in [3.05, 3.63) is 57.6 Å². The number of ether oxygens (including phenoxy) is 1. The number of nitrogens with zero attached hydrogens (tertiary/aromatic N) is 2. The molecule has 0 atom stereocenters. The van der Waals surface area contributed by atoms with Gasteiger partial charge in [-0.15, -0.1) is 0 Å². The second-order valence-corrected chi connectivity index (χ2v) is 6.67. The number of nitrogens with one attached hydrogen (secondary N) is 1. The Labute approximate surface area is 175 Å². The lowest BCUT2D eigenvalue weighted by Gasteiger charge is -2.22. The lowest BCUT2D eigenvalue weighted by Crippen LogP contribution is -2.21. The fourth-order valence-electron chi connectivity index (χ4n) is 2.68. The third-order valence-electron chi connectivity index (χ3n) is 4.19. The molecular formula is C21H21Cl2N3O2. The summed E-state index contributed by atoms with van der Waals surface area (Å²) in [6.45, 7) is 5.88. The molecule has 0 fully saturated rings. The average molecular weight is 418 g/mol. The van der Waals surface area contributed by atoms with Gasteiger partial charge in [0.1, 0.15) is 17.4 Å². The summed E-state index contributed by atoms with van der Waals surface area (Å²) in [6.07, 6.45) is 1.50. The van der Waals surface area contributed by atoms with Gasteiger partial charge in [-0.2, -0.15) is 5.26 Å². The second-order valence-electron chi connectivity index (χ2n) is 5.85. The first-order valence-corrected chi connectivity index (χ1v) is 9.50. The van der Waals surface area contributed by atoms with Crippen molar-refractivity contribution in [2.75, 3.05) is 30.4 Å². The first-order chi connectivity index (χ1) is 13.4. The van der Waals surface area contributed by atoms with Gasteiger partial charge in [-0.3, -0.25) is 4.79 Å². The van der Waals surface area contributed by atoms with Crippen LogP contribution in [-0.2, 0) is 4.79 Å². The van der Waals surface area contributed by atoms with Gasteiger partial charge in [0.2, 0.25) is 0 Å². The topological polar surface area (TPSA) is 65.4 Å². The van der Waals surface area contributed by atoms with Crippen molar-refractivity contribution in [2.45, 2.75) is 13.8 Å². The van der Waals surface area contributed by atoms with Crippen molar-refractivity contribution in [2.24, 2.45) is 0 Å². The maximum Gasteiger partial charge on any atom is 0.266 e. The second kappa shape index (κ2) is 10.0. The highest BCUT2D eigenvalue weighted by atomic mass is 35.5. The summed E-state index contributed by atoms with van der Waals surface area (Å²) in [7, 11) is 1.56. The zero-order chi connectivity index (χ0) is 20.7. The number of rotatable bonds is 7. The smallest absolute Gasteiger partial charge is 0.266 e. The molecule has 0 aliphatic rings. The van der Waals surface area contributed by atoms with Gasteiger partial charge >= 0.3 is 0 Å². The minimum Gasteiger partial charge on any atom is -0.496 e. The first-order valence-electron chi connectivity index (χ1n) is 8.74. The highest BCUT2D eigenvalue weighted by Crippen LogP contribution is 2.28. The summed E-state index contributed by atoms with van der Waals surface area (Å²) < 4.78 is 5.45. The van der Waals surface area contributed by atoms with E-state index in [2.05, 4.69) is 24.1 Å². The molecule has 0 aromatic heterocycles. The van der Waals surface area contributed by atoms with Crippen LogP contribution >= 0.6 is 23.2 Å². The van der Waals surface area contributed by atoms with E-state index < -0.39 is 5.91 Å². The molecule has 7 heteroatoms. The van der Waals surface area contributed by atoms with E-state index in [1.54, 1.807) is 19.2 Å². The van der Waals surface area contributed by atoms with Gasteiger partial charge in [0.05, 0.1) is 17.2 Å². The van der Waals surface area contributed by atoms with Crippen molar-refractivity contribution in [3.8, 4) is 11.8 Å². The van der Waals surface area contributed by atoms with Crippen LogP contribution in [0.25, 0.3) is 6.08 Å². The van der Waals surface area contributed by atoms with Crippen LogP contribution < -0.4 is 15.0 Å². The highest BCUT2D eigenvalue weighted by molar-refractivity contribution is 6.42. The van der Waals surface area contributed by atoms with Gasteiger partial charge in [0.25, 0.3) is 5.91 Å². The van der Waals surface area contributed by atoms with Crippen LogP contribution in [0.5, 0.6) is 5.75 Å². The number of amides is 1. The number of halogens is 2. The molecule has 0 bridgehead atoms. The van der Waals surface area contributed by atoms with Crippen LogP contribution in [-0.4, -0.2) is 26.1 Å². The Morgan fingerprint density at radius 3 is 2.46 bits per heavy atom. The van der Waals surface area contributed by atoms with Gasteiger partial charge in [0, 0.05) is 36.1 Å². The minimum atomic E-state index is -0.546. The first kappa shape index (κ1) is 21.6. The Morgan fingerprint density at radius 2 is 1.89 bits per heavy atom. The highest BCUT2D eigenvalue weighted by Gasteiger charge is 2.13. The van der Waals surface area contributed by atoms with Gasteiger partial charge in [-0.25, -0.2) is 0 Å². The van der Waals surface area contributed by atoms with Crippen molar-refractivity contribution in [3.63, 3.8) is 0 Å². The number of carbonyl (C=O) groups excluding carboxylic acids is 1. The van der Waals surface area contributed by atoms with Gasteiger partial charge < -0.3 is 15.0 Å². The monoisotopic (exact) mass is 417 g/mol. The molecule has 1 amide bonds. The van der Waals surface area contributed by atoms with Gasteiger partial charge in [-0.1, -0.05) is 23.2 Å². The van der Waals surface area contributed by atoms with E-state index in [0.717, 1.165) is 18.8 Å². The van der Waals surface area contributed by atoms with Crippen molar-refractivity contribution in [1.29, 1.82) is 5.26 Å². The van der Waals surface area contributed by atoms with E-state index in [1.807, 2.05) is 24.3 Å². The number of carbonyl (C=O) groups is 1. The van der Waals surface area contributed by atoms with Gasteiger partial charge in [-0.05, 0) is 50.3 Å². The Hall–Kier alpha value is -2.68. The maximum atomic E-state index is 12.5. The van der Waals surface area contributed by atoms with E-state index in [-0.39, 0.29) is 5.57 Å². The molecule has 0 spiro atoms. The van der Waals surface area contributed by atoms with E-state index in [1.165, 1.54) is 12.1 Å². The fourth-order valence-corrected chi connectivity index (χ4v) is 2.98. The third kappa shape index (κ3) is 5.19. The van der Waals surface area contributed by atoms with Crippen molar-refractivity contribution < 1.29 is 9.53 Å². The maximum absolute atomic E-state index is 12.5. The van der Waals surface area contributed by atoms with E-state index in [4.69, 9.17) is 27.9 Å². The lowest BCUT2D eigenvalue weighted by molar-refractivity contribution is -0.112. The fraction of sp³-hybridized carbons (Fsp3) is 0.238. The molecule has 0 saturated carbocycles. The van der Waals surface area contributed by atoms with E-state index >= 15 is 0 Å². The molecule has 146 valence electrons.